The van der Waals surface area contributed by atoms with Crippen LogP contribution in [0.1, 0.15) is 5.56 Å². The van der Waals surface area contributed by atoms with E-state index in [4.69, 9.17) is 9.42 Å². The third-order valence-corrected chi connectivity index (χ3v) is 4.30. The van der Waals surface area contributed by atoms with E-state index in [1.54, 1.807) is 0 Å². The molecule has 4 heteroatoms. The molecule has 4 aromatic carbocycles. The van der Waals surface area contributed by atoms with Crippen LogP contribution >= 0.6 is 8.25 Å². The van der Waals surface area contributed by atoms with E-state index in [-0.39, 0.29) is 6.61 Å². The van der Waals surface area contributed by atoms with Crippen molar-refractivity contribution in [1.82, 2.24) is 0 Å². The van der Waals surface area contributed by atoms with E-state index in [9.17, 15) is 4.57 Å². The average molecular weight is 295 g/mol. The fourth-order valence-electron chi connectivity index (χ4n) is 3.05. The molecule has 0 fully saturated rings. The maximum atomic E-state index is 10.8. The van der Waals surface area contributed by atoms with Crippen molar-refractivity contribution in [2.24, 2.45) is 0 Å². The molecule has 0 saturated carbocycles. The Hall–Kier alpha value is -2.06. The summed E-state index contributed by atoms with van der Waals surface area (Å²) in [6, 6.07) is 18.7. The maximum Gasteiger partial charge on any atom is 0.695 e. The Morgan fingerprint density at radius 3 is 2.19 bits per heavy atom. The lowest BCUT2D eigenvalue weighted by atomic mass is 9.92. The third-order valence-electron chi connectivity index (χ3n) is 3.95. The maximum absolute atomic E-state index is 10.8. The van der Waals surface area contributed by atoms with Gasteiger partial charge in [-0.2, -0.15) is 0 Å². The van der Waals surface area contributed by atoms with E-state index in [1.807, 2.05) is 12.1 Å². The molecule has 4 aromatic rings. The fourth-order valence-corrected chi connectivity index (χ4v) is 3.30. The molecule has 102 valence electrons. The van der Waals surface area contributed by atoms with Crippen LogP contribution in [0.15, 0.2) is 54.6 Å². The summed E-state index contributed by atoms with van der Waals surface area (Å²) in [5.41, 5.74) is 0.929. The molecular weight excluding hydrogens is 283 g/mol. The molecule has 3 nitrogen and oxygen atoms in total. The highest BCUT2D eigenvalue weighted by molar-refractivity contribution is 7.32. The molecule has 0 aliphatic rings. The zero-order valence-electron chi connectivity index (χ0n) is 11.1. The van der Waals surface area contributed by atoms with Crippen LogP contribution in [0.25, 0.3) is 32.3 Å². The first-order valence-electron chi connectivity index (χ1n) is 6.68. The lowest BCUT2D eigenvalue weighted by Gasteiger charge is -2.12. The van der Waals surface area contributed by atoms with Crippen LogP contribution in [-0.2, 0) is 15.7 Å². The van der Waals surface area contributed by atoms with E-state index in [0.29, 0.717) is 0 Å². The van der Waals surface area contributed by atoms with Gasteiger partial charge in [-0.15, -0.1) is 9.42 Å². The largest absolute Gasteiger partial charge is 0.695 e. The van der Waals surface area contributed by atoms with Gasteiger partial charge in [0.25, 0.3) is 0 Å². The van der Waals surface area contributed by atoms with Gasteiger partial charge in [-0.05, 0) is 37.9 Å². The minimum atomic E-state index is -2.58. The SMILES string of the molecule is O=[P+](O)OCc1ccc2ccc3cccc4ccc1c2c34. The lowest BCUT2D eigenvalue weighted by molar-refractivity contribution is 0.273. The first kappa shape index (κ1) is 12.7. The smallest absolute Gasteiger partial charge is 0.133 e. The summed E-state index contributed by atoms with van der Waals surface area (Å²) >= 11 is 0. The highest BCUT2D eigenvalue weighted by atomic mass is 31.1. The third kappa shape index (κ3) is 1.98. The monoisotopic (exact) mass is 295 g/mol. The second-order valence-corrected chi connectivity index (χ2v) is 5.83. The van der Waals surface area contributed by atoms with Gasteiger partial charge in [0, 0.05) is 4.57 Å². The second-order valence-electron chi connectivity index (χ2n) is 5.09. The Morgan fingerprint density at radius 2 is 1.48 bits per heavy atom. The number of hydrogen-bond donors (Lipinski definition) is 1. The summed E-state index contributed by atoms with van der Waals surface area (Å²) in [7, 11) is -2.58. The molecule has 0 heterocycles. The van der Waals surface area contributed by atoms with Crippen molar-refractivity contribution < 1.29 is 14.0 Å². The van der Waals surface area contributed by atoms with Gasteiger partial charge in [-0.25, -0.2) is 0 Å². The predicted octanol–water partition coefficient (Wildman–Crippen LogP) is 4.75. The fraction of sp³-hybridized carbons (Fsp3) is 0.0588. The predicted molar refractivity (Wildman–Crippen MR) is 84.8 cm³/mol. The quantitative estimate of drug-likeness (QED) is 0.438. The molecule has 1 N–H and O–H groups in total. The summed E-state index contributed by atoms with van der Waals surface area (Å²) in [5, 5.41) is 7.09. The van der Waals surface area contributed by atoms with Crippen molar-refractivity contribution in [2.75, 3.05) is 0 Å². The average Bonchev–Trinajstić information content (AvgIpc) is 2.51. The van der Waals surface area contributed by atoms with Gasteiger partial charge < -0.3 is 0 Å². The van der Waals surface area contributed by atoms with E-state index in [0.717, 1.165) is 10.9 Å². The van der Waals surface area contributed by atoms with Gasteiger partial charge in [-0.3, -0.25) is 0 Å². The lowest BCUT2D eigenvalue weighted by Crippen LogP contribution is -1.91. The molecule has 0 amide bonds. The highest BCUT2D eigenvalue weighted by Crippen LogP contribution is 2.36. The number of rotatable bonds is 3. The Balaban J connectivity index is 2.08. The summed E-state index contributed by atoms with van der Waals surface area (Å²) < 4.78 is 15.7. The van der Waals surface area contributed by atoms with E-state index < -0.39 is 8.25 Å². The van der Waals surface area contributed by atoms with Crippen LogP contribution in [0.5, 0.6) is 0 Å². The van der Waals surface area contributed by atoms with Crippen molar-refractivity contribution in [3.05, 3.63) is 60.2 Å². The van der Waals surface area contributed by atoms with Crippen LogP contribution in [0.3, 0.4) is 0 Å². The number of hydrogen-bond acceptors (Lipinski definition) is 2. The molecule has 0 saturated heterocycles. The zero-order valence-corrected chi connectivity index (χ0v) is 12.0. The summed E-state index contributed by atoms with van der Waals surface area (Å²) in [6.07, 6.45) is 0. The molecule has 0 aliphatic heterocycles. The van der Waals surface area contributed by atoms with Gasteiger partial charge in [-0.1, -0.05) is 54.6 Å². The van der Waals surface area contributed by atoms with Crippen molar-refractivity contribution in [3.8, 4) is 0 Å². The van der Waals surface area contributed by atoms with Gasteiger partial charge in [0.05, 0.1) is 0 Å². The zero-order chi connectivity index (χ0) is 14.4. The number of benzene rings is 4. The first-order valence-corrected chi connectivity index (χ1v) is 7.81. The summed E-state index contributed by atoms with van der Waals surface area (Å²) in [6.45, 7) is 0.139. The van der Waals surface area contributed by atoms with Crippen molar-refractivity contribution >= 4 is 40.6 Å². The van der Waals surface area contributed by atoms with E-state index in [1.165, 1.54) is 26.9 Å². The van der Waals surface area contributed by atoms with Gasteiger partial charge >= 0.3 is 8.25 Å². The van der Waals surface area contributed by atoms with Crippen molar-refractivity contribution in [3.63, 3.8) is 0 Å². The normalized spacial score (nSPS) is 12.5. The summed E-state index contributed by atoms with van der Waals surface area (Å²) in [5.74, 6) is 0. The molecule has 0 aliphatic carbocycles. The van der Waals surface area contributed by atoms with Crippen molar-refractivity contribution in [1.29, 1.82) is 0 Å². The van der Waals surface area contributed by atoms with Crippen LogP contribution < -0.4 is 0 Å². The minimum Gasteiger partial charge on any atom is -0.133 e. The standard InChI is InChI=1S/C17H11O3P/c18-21(19)20-10-14-7-6-13-5-4-11-2-1-3-12-8-9-15(14)17(13)16(11)12/h1-9H,10H2/p+1. The molecule has 21 heavy (non-hydrogen) atoms. The van der Waals surface area contributed by atoms with Gasteiger partial charge in [0.2, 0.25) is 0 Å². The minimum absolute atomic E-state index is 0.139. The molecule has 0 bridgehead atoms. The molecule has 0 aromatic heterocycles. The van der Waals surface area contributed by atoms with Crippen molar-refractivity contribution in [2.45, 2.75) is 6.61 Å². The van der Waals surface area contributed by atoms with Crippen LogP contribution in [0, 0.1) is 0 Å². The van der Waals surface area contributed by atoms with Gasteiger partial charge in [0.1, 0.15) is 6.61 Å². The van der Waals surface area contributed by atoms with E-state index in [2.05, 4.69) is 42.5 Å². The van der Waals surface area contributed by atoms with Crippen LogP contribution in [0.4, 0.5) is 0 Å². The topological polar surface area (TPSA) is 46.5 Å². The van der Waals surface area contributed by atoms with Crippen LogP contribution in [0.2, 0.25) is 0 Å². The summed E-state index contributed by atoms with van der Waals surface area (Å²) in [4.78, 5) is 8.84. The molecule has 1 atom stereocenters. The molecule has 1 unspecified atom stereocenters. The second kappa shape index (κ2) is 4.74. The van der Waals surface area contributed by atoms with E-state index >= 15 is 0 Å². The Labute approximate surface area is 122 Å². The Morgan fingerprint density at radius 1 is 0.857 bits per heavy atom. The van der Waals surface area contributed by atoms with Crippen LogP contribution in [-0.4, -0.2) is 4.89 Å². The Bertz CT molecular complexity index is 962. The van der Waals surface area contributed by atoms with Gasteiger partial charge in [0.15, 0.2) is 0 Å². The first-order chi connectivity index (χ1) is 10.2. The highest BCUT2D eigenvalue weighted by Gasteiger charge is 2.15. The molecule has 0 spiro atoms. The molecular formula is C17H12O3P+. The molecule has 4 rings (SSSR count). The molecule has 0 radical (unpaired) electrons. The Kier molecular flexibility index (Phi) is 2.86.